The van der Waals surface area contributed by atoms with E-state index in [4.69, 9.17) is 4.42 Å². The van der Waals surface area contributed by atoms with Crippen LogP contribution in [0.2, 0.25) is 0 Å². The minimum atomic E-state index is -0.586. The first-order valence-corrected chi connectivity index (χ1v) is 7.30. The lowest BCUT2D eigenvalue weighted by molar-refractivity contribution is 0.147. The average Bonchev–Trinajstić information content (AvgIpc) is 2.99. The van der Waals surface area contributed by atoms with Crippen LogP contribution in [0.3, 0.4) is 0 Å². The second-order valence-electron chi connectivity index (χ2n) is 5.68. The van der Waals surface area contributed by atoms with Gasteiger partial charge in [-0.1, -0.05) is 20.8 Å². The molecule has 0 saturated carbocycles. The van der Waals surface area contributed by atoms with Crippen molar-refractivity contribution in [2.75, 3.05) is 6.54 Å². The standard InChI is InChI=1S/C15H21NO2S/c1-15(2,3)14-7-6-11(19-14)9-16-10-12(17)13-5-4-8-18-13/h4-8,12,16-17H,9-10H2,1-3H3. The zero-order valence-corrected chi connectivity index (χ0v) is 12.5. The Kier molecular flexibility index (Phi) is 4.45. The number of furan rings is 1. The van der Waals surface area contributed by atoms with Crippen molar-refractivity contribution in [3.63, 3.8) is 0 Å². The minimum Gasteiger partial charge on any atom is -0.467 e. The van der Waals surface area contributed by atoms with Crippen LogP contribution in [0.25, 0.3) is 0 Å². The molecular formula is C15H21NO2S. The summed E-state index contributed by atoms with van der Waals surface area (Å²) in [6.07, 6.45) is 0.991. The molecule has 2 N–H and O–H groups in total. The van der Waals surface area contributed by atoms with E-state index in [0.29, 0.717) is 12.3 Å². The Balaban J connectivity index is 1.81. The van der Waals surface area contributed by atoms with Gasteiger partial charge >= 0.3 is 0 Å². The molecule has 1 atom stereocenters. The topological polar surface area (TPSA) is 45.4 Å². The molecule has 3 nitrogen and oxygen atoms in total. The molecule has 0 fully saturated rings. The third-order valence-electron chi connectivity index (χ3n) is 2.91. The first kappa shape index (κ1) is 14.3. The lowest BCUT2D eigenvalue weighted by Crippen LogP contribution is -2.20. The summed E-state index contributed by atoms with van der Waals surface area (Å²) in [4.78, 5) is 2.67. The van der Waals surface area contributed by atoms with Gasteiger partial charge < -0.3 is 14.8 Å². The summed E-state index contributed by atoms with van der Waals surface area (Å²) < 4.78 is 5.16. The molecule has 0 radical (unpaired) electrons. The van der Waals surface area contributed by atoms with Crippen molar-refractivity contribution in [3.05, 3.63) is 46.0 Å². The third-order valence-corrected chi connectivity index (χ3v) is 4.42. The number of hydrogen-bond acceptors (Lipinski definition) is 4. The van der Waals surface area contributed by atoms with Crippen molar-refractivity contribution in [2.45, 2.75) is 38.8 Å². The van der Waals surface area contributed by atoms with Crippen LogP contribution in [0.1, 0.15) is 42.4 Å². The van der Waals surface area contributed by atoms with E-state index in [1.165, 1.54) is 9.75 Å². The van der Waals surface area contributed by atoms with Crippen molar-refractivity contribution in [1.29, 1.82) is 0 Å². The van der Waals surface area contributed by atoms with Gasteiger partial charge in [0.05, 0.1) is 6.26 Å². The predicted octanol–water partition coefficient (Wildman–Crippen LogP) is 3.46. The Bertz CT molecular complexity index is 496. The van der Waals surface area contributed by atoms with E-state index in [1.807, 2.05) is 11.3 Å². The maximum Gasteiger partial charge on any atom is 0.133 e. The summed E-state index contributed by atoms with van der Waals surface area (Å²) in [5.41, 5.74) is 0.205. The molecule has 2 aromatic rings. The second-order valence-corrected chi connectivity index (χ2v) is 6.85. The molecule has 0 aliphatic heterocycles. The van der Waals surface area contributed by atoms with E-state index in [-0.39, 0.29) is 5.41 Å². The highest BCUT2D eigenvalue weighted by molar-refractivity contribution is 7.12. The van der Waals surface area contributed by atoms with Gasteiger partial charge in [-0.25, -0.2) is 0 Å². The molecule has 1 unspecified atom stereocenters. The smallest absolute Gasteiger partial charge is 0.133 e. The molecule has 0 saturated heterocycles. The normalized spacial score (nSPS) is 13.7. The van der Waals surface area contributed by atoms with E-state index >= 15 is 0 Å². The summed E-state index contributed by atoms with van der Waals surface area (Å²) in [6.45, 7) is 7.93. The highest BCUT2D eigenvalue weighted by Gasteiger charge is 2.16. The summed E-state index contributed by atoms with van der Waals surface area (Å²) >= 11 is 1.82. The molecule has 2 heterocycles. The van der Waals surface area contributed by atoms with Gasteiger partial charge in [0.25, 0.3) is 0 Å². The molecule has 2 rings (SSSR count). The summed E-state index contributed by atoms with van der Waals surface area (Å²) in [5.74, 6) is 0.606. The fourth-order valence-electron chi connectivity index (χ4n) is 1.79. The van der Waals surface area contributed by atoms with Gasteiger partial charge in [0, 0.05) is 22.8 Å². The summed E-state index contributed by atoms with van der Waals surface area (Å²) in [6, 6.07) is 7.91. The number of thiophene rings is 1. The Labute approximate surface area is 118 Å². The third kappa shape index (κ3) is 3.93. The number of aliphatic hydroxyl groups is 1. The molecule has 0 bridgehead atoms. The van der Waals surface area contributed by atoms with Crippen molar-refractivity contribution < 1.29 is 9.52 Å². The van der Waals surface area contributed by atoms with Crippen LogP contribution in [0.15, 0.2) is 34.9 Å². The van der Waals surface area contributed by atoms with Gasteiger partial charge in [-0.15, -0.1) is 11.3 Å². The van der Waals surface area contributed by atoms with E-state index < -0.39 is 6.10 Å². The Hall–Kier alpha value is -1.10. The maximum atomic E-state index is 9.87. The second kappa shape index (κ2) is 5.90. The fraction of sp³-hybridized carbons (Fsp3) is 0.467. The summed E-state index contributed by atoms with van der Waals surface area (Å²) in [7, 11) is 0. The number of aliphatic hydroxyl groups excluding tert-OH is 1. The summed E-state index contributed by atoms with van der Waals surface area (Å²) in [5, 5.41) is 13.1. The Morgan fingerprint density at radius 1 is 1.32 bits per heavy atom. The van der Waals surface area contributed by atoms with Crippen molar-refractivity contribution >= 4 is 11.3 Å². The van der Waals surface area contributed by atoms with Crippen LogP contribution >= 0.6 is 11.3 Å². The lowest BCUT2D eigenvalue weighted by atomic mass is 9.95. The predicted molar refractivity (Wildman–Crippen MR) is 78.4 cm³/mol. The number of nitrogens with one attached hydrogen (secondary N) is 1. The first-order chi connectivity index (χ1) is 8.97. The minimum absolute atomic E-state index is 0.205. The molecule has 2 aromatic heterocycles. The fourth-order valence-corrected chi connectivity index (χ4v) is 2.82. The quantitative estimate of drug-likeness (QED) is 0.881. The van der Waals surface area contributed by atoms with E-state index in [0.717, 1.165) is 6.54 Å². The van der Waals surface area contributed by atoms with Crippen molar-refractivity contribution in [2.24, 2.45) is 0 Å². The zero-order valence-electron chi connectivity index (χ0n) is 11.6. The van der Waals surface area contributed by atoms with Gasteiger partial charge in [0.15, 0.2) is 0 Å². The van der Waals surface area contributed by atoms with E-state index in [1.54, 1.807) is 18.4 Å². The van der Waals surface area contributed by atoms with Gasteiger partial charge in [-0.2, -0.15) is 0 Å². The maximum absolute atomic E-state index is 9.87. The van der Waals surface area contributed by atoms with Crippen molar-refractivity contribution in [3.8, 4) is 0 Å². The monoisotopic (exact) mass is 279 g/mol. The molecule has 0 amide bonds. The van der Waals surface area contributed by atoms with Crippen molar-refractivity contribution in [1.82, 2.24) is 5.32 Å². The van der Waals surface area contributed by atoms with Crippen LogP contribution in [0.5, 0.6) is 0 Å². The average molecular weight is 279 g/mol. The lowest BCUT2D eigenvalue weighted by Gasteiger charge is -2.15. The zero-order chi connectivity index (χ0) is 13.9. The Morgan fingerprint density at radius 2 is 2.11 bits per heavy atom. The molecule has 104 valence electrons. The number of hydrogen-bond donors (Lipinski definition) is 2. The Morgan fingerprint density at radius 3 is 2.68 bits per heavy atom. The van der Waals surface area contributed by atoms with E-state index in [9.17, 15) is 5.11 Å². The molecular weight excluding hydrogens is 258 g/mol. The van der Waals surface area contributed by atoms with Crippen LogP contribution < -0.4 is 5.32 Å². The highest BCUT2D eigenvalue weighted by atomic mass is 32.1. The van der Waals surface area contributed by atoms with Crippen LogP contribution in [0, 0.1) is 0 Å². The van der Waals surface area contributed by atoms with Gasteiger partial charge in [0.1, 0.15) is 11.9 Å². The van der Waals surface area contributed by atoms with Gasteiger partial charge in [-0.3, -0.25) is 0 Å². The van der Waals surface area contributed by atoms with Gasteiger partial charge in [-0.05, 0) is 29.7 Å². The SMILES string of the molecule is CC(C)(C)c1ccc(CNCC(O)c2ccco2)s1. The molecule has 19 heavy (non-hydrogen) atoms. The highest BCUT2D eigenvalue weighted by Crippen LogP contribution is 2.29. The number of rotatable bonds is 5. The van der Waals surface area contributed by atoms with Gasteiger partial charge in [0.2, 0.25) is 0 Å². The molecule has 0 aliphatic carbocycles. The molecule has 4 heteroatoms. The first-order valence-electron chi connectivity index (χ1n) is 6.48. The molecule has 0 spiro atoms. The largest absolute Gasteiger partial charge is 0.467 e. The van der Waals surface area contributed by atoms with Crippen LogP contribution in [-0.4, -0.2) is 11.7 Å². The van der Waals surface area contributed by atoms with Crippen LogP contribution in [0.4, 0.5) is 0 Å². The van der Waals surface area contributed by atoms with Crippen LogP contribution in [-0.2, 0) is 12.0 Å². The molecule has 0 aliphatic rings. The van der Waals surface area contributed by atoms with E-state index in [2.05, 4.69) is 38.2 Å². The molecule has 0 aromatic carbocycles.